The fraction of sp³-hybridized carbons (Fsp3) is 0.300. The number of halogens is 3. The Hall–Kier alpha value is -3.07. The van der Waals surface area contributed by atoms with E-state index in [4.69, 9.17) is 4.74 Å². The Bertz CT molecular complexity index is 804. The molecular formula is C20H21F3N2O4. The highest BCUT2D eigenvalue weighted by Gasteiger charge is 2.38. The molecule has 0 spiro atoms. The van der Waals surface area contributed by atoms with E-state index in [1.165, 1.54) is 0 Å². The predicted octanol–water partition coefficient (Wildman–Crippen LogP) is 2.90. The number of nitrogens with one attached hydrogen (secondary N) is 2. The van der Waals surface area contributed by atoms with Gasteiger partial charge in [-0.1, -0.05) is 59.7 Å². The third-order valence-corrected chi connectivity index (χ3v) is 4.06. The van der Waals surface area contributed by atoms with Crippen LogP contribution in [-0.4, -0.2) is 36.4 Å². The number of rotatable bonds is 6. The van der Waals surface area contributed by atoms with Gasteiger partial charge in [-0.2, -0.15) is 13.2 Å². The van der Waals surface area contributed by atoms with Crippen molar-refractivity contribution in [3.63, 3.8) is 0 Å². The van der Waals surface area contributed by atoms with E-state index in [1.807, 2.05) is 13.8 Å². The topological polar surface area (TPSA) is 87.7 Å². The van der Waals surface area contributed by atoms with Crippen LogP contribution in [0.1, 0.15) is 22.3 Å². The van der Waals surface area contributed by atoms with Gasteiger partial charge in [0.1, 0.15) is 0 Å². The van der Waals surface area contributed by atoms with Gasteiger partial charge in [-0.15, -0.1) is 0 Å². The quantitative estimate of drug-likeness (QED) is 0.505. The minimum Gasteiger partial charge on any atom is -0.408 e. The van der Waals surface area contributed by atoms with Crippen LogP contribution in [0.15, 0.2) is 48.5 Å². The molecule has 2 amide bonds. The third kappa shape index (κ3) is 5.95. The molecule has 0 fully saturated rings. The predicted molar refractivity (Wildman–Crippen MR) is 98.9 cm³/mol. The lowest BCUT2D eigenvalue weighted by Crippen LogP contribution is -2.43. The molecule has 3 N–H and O–H groups in total. The van der Waals surface area contributed by atoms with Crippen molar-refractivity contribution in [2.24, 2.45) is 0 Å². The van der Waals surface area contributed by atoms with Crippen LogP contribution in [-0.2, 0) is 15.3 Å². The normalized spacial score (nSPS) is 11.7. The Labute approximate surface area is 165 Å². The summed E-state index contributed by atoms with van der Waals surface area (Å²) in [6.45, 7) is 2.94. The maximum atomic E-state index is 12.2. The van der Waals surface area contributed by atoms with E-state index < -0.39 is 30.5 Å². The lowest BCUT2D eigenvalue weighted by molar-refractivity contribution is -0.173. The van der Waals surface area contributed by atoms with E-state index in [-0.39, 0.29) is 6.54 Å². The van der Waals surface area contributed by atoms with Crippen molar-refractivity contribution in [1.29, 1.82) is 0 Å². The largest absolute Gasteiger partial charge is 0.471 e. The fourth-order valence-corrected chi connectivity index (χ4v) is 2.45. The first kappa shape index (κ1) is 22.2. The molecule has 156 valence electrons. The van der Waals surface area contributed by atoms with Crippen molar-refractivity contribution < 1.29 is 32.6 Å². The van der Waals surface area contributed by atoms with E-state index in [0.29, 0.717) is 11.1 Å². The van der Waals surface area contributed by atoms with Crippen LogP contribution in [0.5, 0.6) is 0 Å². The van der Waals surface area contributed by atoms with Gasteiger partial charge in [0.2, 0.25) is 0 Å². The molecule has 6 nitrogen and oxygen atoms in total. The standard InChI is InChI=1S/C20H21F3N2O4/c1-13-3-7-15(8-4-13)19(28,16-9-5-14(2)6-10-16)29-18(27)25-12-11-24-17(26)20(21,22)23/h3-10,28H,11-12H2,1-2H3,(H,24,26)(H,25,27). The summed E-state index contributed by atoms with van der Waals surface area (Å²) in [5, 5.41) is 15.0. The van der Waals surface area contributed by atoms with Crippen LogP contribution in [0.25, 0.3) is 0 Å². The number of amides is 2. The van der Waals surface area contributed by atoms with Gasteiger partial charge >= 0.3 is 18.2 Å². The first-order valence-corrected chi connectivity index (χ1v) is 8.71. The average molecular weight is 410 g/mol. The third-order valence-electron chi connectivity index (χ3n) is 4.06. The van der Waals surface area contributed by atoms with Gasteiger partial charge in [0.05, 0.1) is 0 Å². The second-order valence-corrected chi connectivity index (χ2v) is 6.45. The molecule has 0 aromatic heterocycles. The summed E-state index contributed by atoms with van der Waals surface area (Å²) in [6, 6.07) is 13.4. The first-order chi connectivity index (χ1) is 13.5. The van der Waals surface area contributed by atoms with Crippen molar-refractivity contribution in [3.05, 3.63) is 70.8 Å². The van der Waals surface area contributed by atoms with E-state index in [1.54, 1.807) is 53.8 Å². The van der Waals surface area contributed by atoms with Crippen LogP contribution in [0.3, 0.4) is 0 Å². The highest BCUT2D eigenvalue weighted by Crippen LogP contribution is 2.31. The number of aliphatic hydroxyl groups is 1. The summed E-state index contributed by atoms with van der Waals surface area (Å²) in [4.78, 5) is 22.9. The molecular weight excluding hydrogens is 389 g/mol. The van der Waals surface area contributed by atoms with Crippen LogP contribution in [0.4, 0.5) is 18.0 Å². The number of alkyl carbamates (subject to hydrolysis) is 1. The fourth-order valence-electron chi connectivity index (χ4n) is 2.45. The molecule has 0 heterocycles. The number of aryl methyl sites for hydroxylation is 2. The summed E-state index contributed by atoms with van der Waals surface area (Å²) in [6.07, 6.45) is -6.06. The smallest absolute Gasteiger partial charge is 0.408 e. The molecule has 0 aliphatic rings. The van der Waals surface area contributed by atoms with Gasteiger partial charge in [-0.25, -0.2) is 4.79 Å². The first-order valence-electron chi connectivity index (χ1n) is 8.71. The Kier molecular flexibility index (Phi) is 6.86. The van der Waals surface area contributed by atoms with Crippen molar-refractivity contribution in [2.75, 3.05) is 13.1 Å². The van der Waals surface area contributed by atoms with Gasteiger partial charge in [-0.3, -0.25) is 4.79 Å². The Morgan fingerprint density at radius 3 is 1.69 bits per heavy atom. The second kappa shape index (κ2) is 8.95. The Morgan fingerprint density at radius 2 is 1.28 bits per heavy atom. The summed E-state index contributed by atoms with van der Waals surface area (Å²) in [5.41, 5.74) is 2.47. The monoisotopic (exact) mass is 410 g/mol. The van der Waals surface area contributed by atoms with E-state index in [0.717, 1.165) is 11.1 Å². The van der Waals surface area contributed by atoms with Gasteiger partial charge in [-0.05, 0) is 13.8 Å². The molecule has 0 atom stereocenters. The molecule has 0 aliphatic carbocycles. The molecule has 0 aliphatic heterocycles. The Balaban J connectivity index is 2.10. The van der Waals surface area contributed by atoms with Gasteiger partial charge in [0.25, 0.3) is 5.79 Å². The maximum Gasteiger partial charge on any atom is 0.471 e. The zero-order valence-corrected chi connectivity index (χ0v) is 15.8. The lowest BCUT2D eigenvalue weighted by Gasteiger charge is -2.29. The number of hydrogen-bond donors (Lipinski definition) is 3. The average Bonchev–Trinajstić information content (AvgIpc) is 2.65. The van der Waals surface area contributed by atoms with Gasteiger partial charge in [0.15, 0.2) is 0 Å². The summed E-state index contributed by atoms with van der Waals surface area (Å²) >= 11 is 0. The van der Waals surface area contributed by atoms with Crippen molar-refractivity contribution >= 4 is 12.0 Å². The number of hydrogen-bond acceptors (Lipinski definition) is 4. The molecule has 0 saturated heterocycles. The minimum atomic E-state index is -5.00. The number of carbonyl (C=O) groups excluding carboxylic acids is 2. The molecule has 2 aromatic carbocycles. The van der Waals surface area contributed by atoms with Crippen molar-refractivity contribution in [1.82, 2.24) is 10.6 Å². The molecule has 0 bridgehead atoms. The minimum absolute atomic E-state index is 0.299. The number of alkyl halides is 3. The summed E-state index contributed by atoms with van der Waals surface area (Å²) < 4.78 is 41.6. The highest BCUT2D eigenvalue weighted by atomic mass is 19.4. The molecule has 0 unspecified atom stereocenters. The van der Waals surface area contributed by atoms with Gasteiger partial charge in [0, 0.05) is 24.2 Å². The maximum absolute atomic E-state index is 12.2. The van der Waals surface area contributed by atoms with Crippen LogP contribution in [0.2, 0.25) is 0 Å². The van der Waals surface area contributed by atoms with E-state index >= 15 is 0 Å². The van der Waals surface area contributed by atoms with Crippen molar-refractivity contribution in [3.8, 4) is 0 Å². The summed E-state index contributed by atoms with van der Waals surface area (Å²) in [7, 11) is 0. The molecule has 9 heteroatoms. The van der Waals surface area contributed by atoms with Gasteiger partial charge < -0.3 is 20.5 Å². The van der Waals surface area contributed by atoms with Crippen molar-refractivity contribution in [2.45, 2.75) is 25.8 Å². The zero-order chi connectivity index (χ0) is 21.7. The molecule has 0 saturated carbocycles. The lowest BCUT2D eigenvalue weighted by atomic mass is 9.96. The molecule has 0 radical (unpaired) electrons. The van der Waals surface area contributed by atoms with E-state index in [2.05, 4.69) is 5.32 Å². The number of ether oxygens (including phenoxy) is 1. The highest BCUT2D eigenvalue weighted by molar-refractivity contribution is 5.81. The molecule has 2 aromatic rings. The van der Waals surface area contributed by atoms with Crippen LogP contribution in [0, 0.1) is 13.8 Å². The molecule has 29 heavy (non-hydrogen) atoms. The van der Waals surface area contributed by atoms with Crippen LogP contribution >= 0.6 is 0 Å². The number of benzene rings is 2. The summed E-state index contributed by atoms with van der Waals surface area (Å²) in [5.74, 6) is -4.22. The SMILES string of the molecule is Cc1ccc(C(O)(OC(=O)NCCNC(=O)C(F)(F)F)c2ccc(C)cc2)cc1. The van der Waals surface area contributed by atoms with E-state index in [9.17, 15) is 27.9 Å². The second-order valence-electron chi connectivity index (χ2n) is 6.45. The zero-order valence-electron chi connectivity index (χ0n) is 15.8. The molecule has 2 rings (SSSR count). The van der Waals surface area contributed by atoms with Crippen LogP contribution < -0.4 is 10.6 Å². The Morgan fingerprint density at radius 1 is 0.862 bits per heavy atom. The number of carbonyl (C=O) groups is 2.